The lowest BCUT2D eigenvalue weighted by Crippen LogP contribution is -2.36. The van der Waals surface area contributed by atoms with E-state index in [-0.39, 0.29) is 0 Å². The molecular weight excluding hydrogens is 452 g/mol. The highest BCUT2D eigenvalue weighted by atomic mass is 16.5. The average molecular weight is 489 g/mol. The Balaban J connectivity index is 2.07. The fourth-order valence-electron chi connectivity index (χ4n) is 5.36. The number of rotatable bonds is 10. The molecular formula is C30H36N2O4. The van der Waals surface area contributed by atoms with Crippen LogP contribution in [0.4, 0.5) is 11.4 Å². The second-order valence-electron chi connectivity index (χ2n) is 8.74. The minimum absolute atomic E-state index is 0.567. The number of benzene rings is 3. The van der Waals surface area contributed by atoms with Crippen molar-refractivity contribution in [2.45, 2.75) is 33.3 Å². The predicted octanol–water partition coefficient (Wildman–Crippen LogP) is 6.24. The Morgan fingerprint density at radius 3 is 2.08 bits per heavy atom. The van der Waals surface area contributed by atoms with Crippen molar-refractivity contribution >= 4 is 17.7 Å². The zero-order valence-corrected chi connectivity index (χ0v) is 22.1. The Kier molecular flexibility index (Phi) is 7.55. The van der Waals surface area contributed by atoms with Crippen LogP contribution in [-0.4, -0.2) is 46.7 Å². The fourth-order valence-corrected chi connectivity index (χ4v) is 5.36. The van der Waals surface area contributed by atoms with E-state index in [2.05, 4.69) is 55.7 Å². The van der Waals surface area contributed by atoms with E-state index in [4.69, 9.17) is 14.2 Å². The molecule has 1 heterocycles. The molecule has 0 aromatic heterocycles. The normalized spacial score (nSPS) is 15.9. The Labute approximate surface area is 214 Å². The number of hydrogen-bond acceptors (Lipinski definition) is 6. The van der Waals surface area contributed by atoms with Crippen molar-refractivity contribution in [2.75, 3.05) is 50.2 Å². The van der Waals surface area contributed by atoms with Crippen molar-refractivity contribution in [1.29, 1.82) is 0 Å². The van der Waals surface area contributed by atoms with Gasteiger partial charge in [-0.25, -0.2) is 0 Å². The number of fused-ring (bicyclic) bond motifs is 2. The van der Waals surface area contributed by atoms with Crippen molar-refractivity contribution < 1.29 is 19.0 Å². The Morgan fingerprint density at radius 2 is 1.47 bits per heavy atom. The number of aldehydes is 1. The van der Waals surface area contributed by atoms with Crippen molar-refractivity contribution in [2.24, 2.45) is 0 Å². The maximum atomic E-state index is 12.2. The first kappa shape index (κ1) is 25.6. The zero-order chi connectivity index (χ0) is 25.9. The van der Waals surface area contributed by atoms with Gasteiger partial charge in [0.05, 0.1) is 12.8 Å². The number of anilines is 2. The van der Waals surface area contributed by atoms with Crippen LogP contribution in [0.15, 0.2) is 54.6 Å². The molecule has 4 rings (SSSR count). The standard InChI is InChI=1S/C30H36N2O4/c1-7-31(8-2)22-15-16-24-27(17-22)36-28-19-26(32(9-3)10-4)29(34-5)18-25(28)30(24,35-6)23-14-12-11-13-21(23)20-33/h11-20H,7-10H2,1-6H3. The molecule has 0 radical (unpaired) electrons. The van der Waals surface area contributed by atoms with Crippen LogP contribution in [0.2, 0.25) is 0 Å². The van der Waals surface area contributed by atoms with Gasteiger partial charge >= 0.3 is 0 Å². The molecule has 0 N–H and O–H groups in total. The summed E-state index contributed by atoms with van der Waals surface area (Å²) in [5.74, 6) is 2.13. The summed E-state index contributed by atoms with van der Waals surface area (Å²) in [6.07, 6.45) is 0.886. The van der Waals surface area contributed by atoms with Crippen LogP contribution in [0.1, 0.15) is 54.7 Å². The molecule has 1 unspecified atom stereocenters. The third-order valence-corrected chi connectivity index (χ3v) is 7.23. The van der Waals surface area contributed by atoms with E-state index >= 15 is 0 Å². The van der Waals surface area contributed by atoms with Gasteiger partial charge in [-0.15, -0.1) is 0 Å². The third-order valence-electron chi connectivity index (χ3n) is 7.23. The molecule has 0 aliphatic carbocycles. The SMILES string of the molecule is CCN(CC)c1ccc2c(c1)Oc1cc(N(CC)CC)c(OC)cc1C2(OC)c1ccccc1C=O. The molecule has 0 saturated carbocycles. The third kappa shape index (κ3) is 3.99. The first-order chi connectivity index (χ1) is 17.5. The van der Waals surface area contributed by atoms with Gasteiger partial charge in [-0.3, -0.25) is 4.79 Å². The second kappa shape index (κ2) is 10.6. The van der Waals surface area contributed by atoms with Gasteiger partial charge in [0.15, 0.2) is 5.60 Å². The Hall–Kier alpha value is -3.51. The first-order valence-electron chi connectivity index (χ1n) is 12.7. The van der Waals surface area contributed by atoms with Gasteiger partial charge in [0.25, 0.3) is 0 Å². The molecule has 3 aromatic rings. The highest BCUT2D eigenvalue weighted by Gasteiger charge is 2.46. The molecule has 0 saturated heterocycles. The number of hydrogen-bond donors (Lipinski definition) is 0. The van der Waals surface area contributed by atoms with E-state index in [1.54, 1.807) is 14.2 Å². The lowest BCUT2D eigenvalue weighted by Gasteiger charge is -2.41. The fraction of sp³-hybridized carbons (Fsp3) is 0.367. The predicted molar refractivity (Wildman–Crippen MR) is 145 cm³/mol. The van der Waals surface area contributed by atoms with Crippen LogP contribution < -0.4 is 19.3 Å². The summed E-state index contributed by atoms with van der Waals surface area (Å²) in [6, 6.07) is 17.8. The Morgan fingerprint density at radius 1 is 0.806 bits per heavy atom. The van der Waals surface area contributed by atoms with Crippen LogP contribution >= 0.6 is 0 Å². The topological polar surface area (TPSA) is 51.2 Å². The monoisotopic (exact) mass is 488 g/mol. The lowest BCUT2D eigenvalue weighted by atomic mass is 9.76. The van der Waals surface area contributed by atoms with Crippen molar-refractivity contribution in [3.05, 3.63) is 76.9 Å². The molecule has 0 fully saturated rings. The molecule has 36 heavy (non-hydrogen) atoms. The molecule has 1 atom stereocenters. The first-order valence-corrected chi connectivity index (χ1v) is 12.7. The Bertz CT molecular complexity index is 1230. The largest absolute Gasteiger partial charge is 0.495 e. The quantitative estimate of drug-likeness (QED) is 0.315. The van der Waals surface area contributed by atoms with Crippen LogP contribution in [0.5, 0.6) is 17.2 Å². The molecule has 6 nitrogen and oxygen atoms in total. The van der Waals surface area contributed by atoms with Gasteiger partial charge in [0, 0.05) is 73.4 Å². The highest BCUT2D eigenvalue weighted by molar-refractivity contribution is 5.81. The molecule has 0 bridgehead atoms. The molecule has 3 aromatic carbocycles. The maximum absolute atomic E-state index is 12.2. The number of carbonyl (C=O) groups excluding carboxylic acids is 1. The van der Waals surface area contributed by atoms with Crippen LogP contribution in [0.25, 0.3) is 0 Å². The second-order valence-corrected chi connectivity index (χ2v) is 8.74. The van der Waals surface area contributed by atoms with Crippen LogP contribution in [0.3, 0.4) is 0 Å². The van der Waals surface area contributed by atoms with E-state index in [1.807, 2.05) is 36.4 Å². The van der Waals surface area contributed by atoms with Crippen LogP contribution in [-0.2, 0) is 10.3 Å². The van der Waals surface area contributed by atoms with Gasteiger partial charge in [-0.2, -0.15) is 0 Å². The average Bonchev–Trinajstić information content (AvgIpc) is 2.92. The minimum Gasteiger partial charge on any atom is -0.495 e. The number of nitrogens with zero attached hydrogens (tertiary/aromatic N) is 2. The number of methoxy groups -OCH3 is 2. The smallest absolute Gasteiger partial charge is 0.151 e. The van der Waals surface area contributed by atoms with Crippen molar-refractivity contribution in [3.8, 4) is 17.2 Å². The summed E-state index contributed by atoms with van der Waals surface area (Å²) in [7, 11) is 3.36. The van der Waals surface area contributed by atoms with E-state index in [0.29, 0.717) is 17.1 Å². The molecule has 6 heteroatoms. The lowest BCUT2D eigenvalue weighted by molar-refractivity contribution is 0.0489. The molecule has 1 aliphatic rings. The van der Waals surface area contributed by atoms with Gasteiger partial charge in [-0.05, 0) is 45.9 Å². The van der Waals surface area contributed by atoms with Crippen molar-refractivity contribution in [1.82, 2.24) is 0 Å². The summed E-state index contributed by atoms with van der Waals surface area (Å²) >= 11 is 0. The van der Waals surface area contributed by atoms with Crippen molar-refractivity contribution in [3.63, 3.8) is 0 Å². The summed E-state index contributed by atoms with van der Waals surface area (Å²) in [5.41, 5.74) is 3.96. The van der Waals surface area contributed by atoms with Crippen LogP contribution in [0, 0.1) is 0 Å². The van der Waals surface area contributed by atoms with Gasteiger partial charge < -0.3 is 24.0 Å². The summed E-state index contributed by atoms with van der Waals surface area (Å²) in [4.78, 5) is 16.7. The highest BCUT2D eigenvalue weighted by Crippen LogP contribution is 2.55. The number of ether oxygens (including phenoxy) is 3. The minimum atomic E-state index is -1.06. The van der Waals surface area contributed by atoms with E-state index in [1.165, 1.54) is 0 Å². The van der Waals surface area contributed by atoms with Gasteiger partial charge in [0.2, 0.25) is 0 Å². The molecule has 0 amide bonds. The zero-order valence-electron chi connectivity index (χ0n) is 22.1. The number of carbonyl (C=O) groups is 1. The van der Waals surface area contributed by atoms with Gasteiger partial charge in [0.1, 0.15) is 23.5 Å². The molecule has 1 aliphatic heterocycles. The summed E-state index contributed by atoms with van der Waals surface area (Å²) in [6.45, 7) is 12.0. The van der Waals surface area contributed by atoms with E-state index < -0.39 is 5.60 Å². The summed E-state index contributed by atoms with van der Waals surface area (Å²) in [5, 5.41) is 0. The molecule has 0 spiro atoms. The van der Waals surface area contributed by atoms with E-state index in [9.17, 15) is 4.79 Å². The van der Waals surface area contributed by atoms with E-state index in [0.717, 1.165) is 66.3 Å². The van der Waals surface area contributed by atoms with Gasteiger partial charge in [-0.1, -0.05) is 24.3 Å². The maximum Gasteiger partial charge on any atom is 0.151 e. The summed E-state index contributed by atoms with van der Waals surface area (Å²) < 4.78 is 18.9. The molecule has 190 valence electrons.